The molecule has 103 valence electrons. The lowest BCUT2D eigenvalue weighted by Gasteiger charge is -2.12. The molecule has 1 aromatic carbocycles. The number of ether oxygens (including phenoxy) is 1. The zero-order valence-electron chi connectivity index (χ0n) is 10.8. The molecule has 0 aromatic heterocycles. The van der Waals surface area contributed by atoms with Gasteiger partial charge in [-0.1, -0.05) is 19.8 Å². The van der Waals surface area contributed by atoms with Gasteiger partial charge in [0.05, 0.1) is 4.92 Å². The van der Waals surface area contributed by atoms with Crippen LogP contribution in [0, 0.1) is 17.0 Å². The molecule has 0 spiro atoms. The molecule has 1 amide bonds. The van der Waals surface area contributed by atoms with Gasteiger partial charge in [-0.2, -0.15) is 0 Å². The van der Waals surface area contributed by atoms with Crippen molar-refractivity contribution in [2.24, 2.45) is 0 Å². The smallest absolute Gasteiger partial charge is 0.410 e. The second kappa shape index (κ2) is 7.35. The lowest BCUT2D eigenvalue weighted by molar-refractivity contribution is -0.384. The Morgan fingerprint density at radius 1 is 1.47 bits per heavy atom. The van der Waals surface area contributed by atoms with Crippen LogP contribution in [0.1, 0.15) is 26.2 Å². The fourth-order valence-corrected chi connectivity index (χ4v) is 1.46. The molecule has 0 fully saturated rings. The lowest BCUT2D eigenvalue weighted by Crippen LogP contribution is -2.34. The molecule has 6 heteroatoms. The van der Waals surface area contributed by atoms with E-state index in [-0.39, 0.29) is 17.5 Å². The van der Waals surface area contributed by atoms with E-state index in [0.717, 1.165) is 19.3 Å². The second-order valence-corrected chi connectivity index (χ2v) is 4.12. The summed E-state index contributed by atoms with van der Waals surface area (Å²) in [5, 5.41) is 13.1. The van der Waals surface area contributed by atoms with E-state index >= 15 is 0 Å². The molecule has 0 saturated carbocycles. The van der Waals surface area contributed by atoms with Crippen molar-refractivity contribution in [3.63, 3.8) is 0 Å². The molecular weight excluding hydrogens is 248 g/mol. The van der Waals surface area contributed by atoms with E-state index in [1.807, 2.05) is 0 Å². The SMILES string of the molecule is [CH2][C@@H](CCCC)NC(=O)Oc1ccc([N+](=O)[O-])cc1. The van der Waals surface area contributed by atoms with Gasteiger partial charge >= 0.3 is 6.09 Å². The van der Waals surface area contributed by atoms with Crippen molar-refractivity contribution in [3.8, 4) is 5.75 Å². The Morgan fingerprint density at radius 3 is 2.63 bits per heavy atom. The molecule has 0 saturated heterocycles. The van der Waals surface area contributed by atoms with Crippen molar-refractivity contribution in [2.45, 2.75) is 32.2 Å². The second-order valence-electron chi connectivity index (χ2n) is 4.12. The van der Waals surface area contributed by atoms with E-state index in [0.29, 0.717) is 0 Å². The van der Waals surface area contributed by atoms with Gasteiger partial charge in [0.25, 0.3) is 5.69 Å². The van der Waals surface area contributed by atoms with Crippen molar-refractivity contribution in [2.75, 3.05) is 0 Å². The minimum Gasteiger partial charge on any atom is -0.410 e. The Morgan fingerprint density at radius 2 is 2.11 bits per heavy atom. The number of carbonyl (C=O) groups excluding carboxylic acids is 1. The minimum absolute atomic E-state index is 0.0502. The molecule has 0 aliphatic rings. The van der Waals surface area contributed by atoms with Crippen molar-refractivity contribution in [1.29, 1.82) is 0 Å². The van der Waals surface area contributed by atoms with Crippen LogP contribution in [-0.4, -0.2) is 17.1 Å². The first-order valence-corrected chi connectivity index (χ1v) is 6.08. The average molecular weight is 265 g/mol. The van der Waals surface area contributed by atoms with E-state index in [4.69, 9.17) is 4.74 Å². The number of hydrogen-bond acceptors (Lipinski definition) is 4. The minimum atomic E-state index is -0.607. The van der Waals surface area contributed by atoms with Crippen LogP contribution < -0.4 is 10.1 Å². The highest BCUT2D eigenvalue weighted by Gasteiger charge is 2.10. The van der Waals surface area contributed by atoms with Crippen LogP contribution in [0.25, 0.3) is 0 Å². The summed E-state index contributed by atoms with van der Waals surface area (Å²) in [5.74, 6) is 0.255. The fourth-order valence-electron chi connectivity index (χ4n) is 1.46. The maximum absolute atomic E-state index is 11.5. The van der Waals surface area contributed by atoms with Crippen molar-refractivity contribution < 1.29 is 14.5 Å². The highest BCUT2D eigenvalue weighted by molar-refractivity contribution is 5.70. The van der Waals surface area contributed by atoms with E-state index in [2.05, 4.69) is 19.2 Å². The summed E-state index contributed by atoms with van der Waals surface area (Å²) < 4.78 is 4.99. The summed E-state index contributed by atoms with van der Waals surface area (Å²) in [4.78, 5) is 21.4. The van der Waals surface area contributed by atoms with E-state index in [1.165, 1.54) is 24.3 Å². The van der Waals surface area contributed by atoms with Gasteiger partial charge in [-0.05, 0) is 25.5 Å². The predicted molar refractivity (Wildman–Crippen MR) is 70.9 cm³/mol. The number of benzene rings is 1. The summed E-state index contributed by atoms with van der Waals surface area (Å²) in [6.07, 6.45) is 2.19. The summed E-state index contributed by atoms with van der Waals surface area (Å²) in [6.45, 7) is 5.85. The van der Waals surface area contributed by atoms with Crippen molar-refractivity contribution in [3.05, 3.63) is 41.3 Å². The maximum Gasteiger partial charge on any atom is 0.412 e. The number of nitro groups is 1. The molecule has 0 aliphatic carbocycles. The van der Waals surface area contributed by atoms with Crippen LogP contribution in [0.5, 0.6) is 5.75 Å². The van der Waals surface area contributed by atoms with E-state index in [1.54, 1.807) is 0 Å². The molecule has 0 bridgehead atoms. The maximum atomic E-state index is 11.5. The summed E-state index contributed by atoms with van der Waals surface area (Å²) in [7, 11) is 0. The predicted octanol–water partition coefficient (Wildman–Crippen LogP) is 3.08. The van der Waals surface area contributed by atoms with Gasteiger partial charge in [-0.3, -0.25) is 10.1 Å². The number of nitro benzene ring substituents is 1. The summed E-state index contributed by atoms with van der Waals surface area (Å²) in [6, 6.07) is 5.11. The third kappa shape index (κ3) is 5.37. The standard InChI is InChI=1S/C13H17N2O4/c1-3-4-5-10(2)14-13(16)19-12-8-6-11(7-9-12)15(17)18/h6-10H,2-5H2,1H3,(H,14,16)/t10-/m0/s1. The molecule has 0 aliphatic heterocycles. The van der Waals surface area contributed by atoms with Gasteiger partial charge in [-0.25, -0.2) is 4.79 Å². The first-order valence-electron chi connectivity index (χ1n) is 6.08. The number of non-ortho nitro benzene ring substituents is 1. The van der Waals surface area contributed by atoms with Gasteiger partial charge < -0.3 is 10.1 Å². The molecule has 1 atom stereocenters. The quantitative estimate of drug-likeness (QED) is 0.633. The molecule has 1 rings (SSSR count). The molecule has 19 heavy (non-hydrogen) atoms. The number of nitrogens with zero attached hydrogens (tertiary/aromatic N) is 1. The molecule has 0 heterocycles. The Labute approximate surface area is 111 Å². The van der Waals surface area contributed by atoms with Crippen molar-refractivity contribution >= 4 is 11.8 Å². The number of amides is 1. The van der Waals surface area contributed by atoms with Crippen LogP contribution in [0.15, 0.2) is 24.3 Å². The summed E-state index contributed by atoms with van der Waals surface area (Å²) in [5.41, 5.74) is -0.0502. The normalized spacial score (nSPS) is 11.7. The highest BCUT2D eigenvalue weighted by atomic mass is 16.6. The van der Waals surface area contributed by atoms with Gasteiger partial charge in [0.2, 0.25) is 0 Å². The molecule has 1 aromatic rings. The van der Waals surface area contributed by atoms with E-state index < -0.39 is 11.0 Å². The molecule has 1 N–H and O–H groups in total. The number of rotatable bonds is 6. The van der Waals surface area contributed by atoms with Crippen LogP contribution in [0.2, 0.25) is 0 Å². The fraction of sp³-hybridized carbons (Fsp3) is 0.385. The zero-order valence-corrected chi connectivity index (χ0v) is 10.8. The number of unbranched alkanes of at least 4 members (excludes halogenated alkanes) is 1. The highest BCUT2D eigenvalue weighted by Crippen LogP contribution is 2.17. The van der Waals surface area contributed by atoms with Gasteiger partial charge in [0.1, 0.15) is 5.75 Å². The number of hydrogen-bond donors (Lipinski definition) is 1. The number of nitrogens with one attached hydrogen (secondary N) is 1. The largest absolute Gasteiger partial charge is 0.412 e. The van der Waals surface area contributed by atoms with Crippen LogP contribution >= 0.6 is 0 Å². The van der Waals surface area contributed by atoms with Crippen LogP contribution in [-0.2, 0) is 0 Å². The Bertz CT molecular complexity index is 431. The first kappa shape index (κ1) is 14.9. The van der Waals surface area contributed by atoms with Gasteiger partial charge in [0, 0.05) is 18.2 Å². The Hall–Kier alpha value is -2.11. The Balaban J connectivity index is 2.45. The van der Waals surface area contributed by atoms with Crippen LogP contribution in [0.4, 0.5) is 10.5 Å². The van der Waals surface area contributed by atoms with Crippen molar-refractivity contribution in [1.82, 2.24) is 5.32 Å². The van der Waals surface area contributed by atoms with Gasteiger partial charge in [-0.15, -0.1) is 0 Å². The first-order chi connectivity index (χ1) is 9.02. The third-order valence-corrected chi connectivity index (χ3v) is 2.49. The van der Waals surface area contributed by atoms with E-state index in [9.17, 15) is 14.9 Å². The Kier molecular flexibility index (Phi) is 5.78. The molecule has 6 nitrogen and oxygen atoms in total. The third-order valence-electron chi connectivity index (χ3n) is 2.49. The van der Waals surface area contributed by atoms with Crippen LogP contribution in [0.3, 0.4) is 0 Å². The molecule has 0 unspecified atom stereocenters. The molecule has 1 radical (unpaired) electrons. The monoisotopic (exact) mass is 265 g/mol. The number of carbonyl (C=O) groups is 1. The lowest BCUT2D eigenvalue weighted by atomic mass is 10.1. The summed E-state index contributed by atoms with van der Waals surface area (Å²) >= 11 is 0. The zero-order chi connectivity index (χ0) is 14.3. The van der Waals surface area contributed by atoms with Gasteiger partial charge in [0.15, 0.2) is 0 Å². The molecular formula is C13H17N2O4. The average Bonchev–Trinajstić information content (AvgIpc) is 2.36. The topological polar surface area (TPSA) is 81.5 Å².